The molecule has 84 valence electrons. The lowest BCUT2D eigenvalue weighted by molar-refractivity contribution is 0.00570. The molecular weight excluding hydrogens is 272 g/mol. The molecule has 2 rings (SSSR count). The van der Waals surface area contributed by atoms with Gasteiger partial charge in [0.15, 0.2) is 0 Å². The van der Waals surface area contributed by atoms with Gasteiger partial charge in [-0.3, -0.25) is 0 Å². The predicted molar refractivity (Wildman–Crippen MR) is 68.2 cm³/mol. The Morgan fingerprint density at radius 1 is 1.53 bits per heavy atom. The number of hydrogen-bond donors (Lipinski definition) is 0. The van der Waals surface area contributed by atoms with Crippen molar-refractivity contribution in [2.75, 3.05) is 0 Å². The van der Waals surface area contributed by atoms with Crippen LogP contribution in [0.25, 0.3) is 0 Å². The summed E-state index contributed by atoms with van der Waals surface area (Å²) >= 11 is 5.30. The molecule has 0 aliphatic heterocycles. The highest BCUT2D eigenvalue weighted by Crippen LogP contribution is 2.28. The van der Waals surface area contributed by atoms with E-state index in [9.17, 15) is 0 Å². The first-order valence-electron chi connectivity index (χ1n) is 5.59. The van der Waals surface area contributed by atoms with Crippen molar-refractivity contribution in [3.8, 4) is 0 Å². The first-order valence-corrected chi connectivity index (χ1v) is 7.26. The Morgan fingerprint density at radius 3 is 3.07 bits per heavy atom. The third-order valence-corrected chi connectivity index (χ3v) is 4.93. The zero-order valence-corrected chi connectivity index (χ0v) is 11.4. The zero-order chi connectivity index (χ0) is 10.7. The van der Waals surface area contributed by atoms with Crippen molar-refractivity contribution < 1.29 is 4.74 Å². The quantitative estimate of drug-likeness (QED) is 0.789. The van der Waals surface area contributed by atoms with E-state index >= 15 is 0 Å². The van der Waals surface area contributed by atoms with E-state index in [0.717, 1.165) is 12.5 Å². The van der Waals surface area contributed by atoms with Crippen molar-refractivity contribution in [1.82, 2.24) is 0 Å². The molecular formula is C12H17BrOS. The second kappa shape index (κ2) is 5.46. The van der Waals surface area contributed by atoms with Crippen LogP contribution in [0.4, 0.5) is 0 Å². The molecule has 0 N–H and O–H groups in total. The van der Waals surface area contributed by atoms with Gasteiger partial charge in [0.25, 0.3) is 0 Å². The normalized spacial score (nSPS) is 26.8. The molecule has 15 heavy (non-hydrogen) atoms. The molecule has 1 aromatic rings. The Balaban J connectivity index is 1.80. The van der Waals surface area contributed by atoms with Gasteiger partial charge in [-0.2, -0.15) is 0 Å². The smallest absolute Gasteiger partial charge is 0.0824 e. The molecule has 0 amide bonds. The molecule has 0 aromatic carbocycles. The Hall–Kier alpha value is 0.140. The minimum Gasteiger partial charge on any atom is -0.373 e. The van der Waals surface area contributed by atoms with Crippen molar-refractivity contribution in [3.63, 3.8) is 0 Å². The van der Waals surface area contributed by atoms with Gasteiger partial charge in [-0.25, -0.2) is 0 Å². The van der Waals surface area contributed by atoms with E-state index in [0.29, 0.717) is 6.10 Å². The van der Waals surface area contributed by atoms with Crippen LogP contribution >= 0.6 is 27.3 Å². The van der Waals surface area contributed by atoms with Gasteiger partial charge < -0.3 is 4.74 Å². The van der Waals surface area contributed by atoms with Crippen molar-refractivity contribution >= 4 is 27.3 Å². The summed E-state index contributed by atoms with van der Waals surface area (Å²) in [6.45, 7) is 3.10. The molecule has 2 atom stereocenters. The summed E-state index contributed by atoms with van der Waals surface area (Å²) in [5.41, 5.74) is 0. The topological polar surface area (TPSA) is 9.23 Å². The van der Waals surface area contributed by atoms with Gasteiger partial charge in [-0.15, -0.1) is 11.3 Å². The van der Waals surface area contributed by atoms with E-state index < -0.39 is 0 Å². The van der Waals surface area contributed by atoms with Crippen LogP contribution < -0.4 is 0 Å². The summed E-state index contributed by atoms with van der Waals surface area (Å²) in [5.74, 6) is 0.843. The van der Waals surface area contributed by atoms with Gasteiger partial charge in [-0.1, -0.05) is 19.8 Å². The molecule has 2 unspecified atom stereocenters. The van der Waals surface area contributed by atoms with Gasteiger partial charge in [-0.05, 0) is 46.1 Å². The minimum absolute atomic E-state index is 0.489. The molecule has 1 aromatic heterocycles. The van der Waals surface area contributed by atoms with Gasteiger partial charge in [0, 0.05) is 9.35 Å². The highest BCUT2D eigenvalue weighted by atomic mass is 79.9. The largest absolute Gasteiger partial charge is 0.373 e. The van der Waals surface area contributed by atoms with Crippen LogP contribution in [0.3, 0.4) is 0 Å². The van der Waals surface area contributed by atoms with E-state index in [1.165, 1.54) is 35.0 Å². The molecule has 1 nitrogen and oxygen atoms in total. The third-order valence-electron chi connectivity index (χ3n) is 3.03. The Morgan fingerprint density at radius 2 is 2.40 bits per heavy atom. The SMILES string of the molecule is CC1CCCC(OCc2sccc2Br)C1. The number of rotatable bonds is 3. The molecule has 0 saturated heterocycles. The van der Waals surface area contributed by atoms with Gasteiger partial charge in [0.1, 0.15) is 0 Å². The molecule has 0 spiro atoms. The van der Waals surface area contributed by atoms with Crippen molar-refractivity contribution in [3.05, 3.63) is 20.8 Å². The maximum absolute atomic E-state index is 5.96. The van der Waals surface area contributed by atoms with Crippen molar-refractivity contribution in [2.45, 2.75) is 45.3 Å². The van der Waals surface area contributed by atoms with Crippen LogP contribution in [0.15, 0.2) is 15.9 Å². The van der Waals surface area contributed by atoms with E-state index in [4.69, 9.17) is 4.74 Å². The molecule has 1 aliphatic carbocycles. The van der Waals surface area contributed by atoms with E-state index in [1.807, 2.05) is 0 Å². The second-order valence-electron chi connectivity index (χ2n) is 4.40. The summed E-state index contributed by atoms with van der Waals surface area (Å²) in [6, 6.07) is 2.09. The zero-order valence-electron chi connectivity index (χ0n) is 9.04. The summed E-state index contributed by atoms with van der Waals surface area (Å²) in [6.07, 6.45) is 5.68. The molecule has 3 heteroatoms. The molecule has 1 aliphatic rings. The molecule has 0 radical (unpaired) electrons. The molecule has 1 heterocycles. The Bertz CT molecular complexity index is 310. The van der Waals surface area contributed by atoms with Crippen LogP contribution in [-0.2, 0) is 11.3 Å². The average molecular weight is 289 g/mol. The minimum atomic E-state index is 0.489. The molecule has 0 bridgehead atoms. The van der Waals surface area contributed by atoms with Gasteiger partial charge >= 0.3 is 0 Å². The molecule has 1 saturated carbocycles. The number of halogens is 1. The van der Waals surface area contributed by atoms with Crippen LogP contribution in [-0.4, -0.2) is 6.10 Å². The van der Waals surface area contributed by atoms with E-state index in [1.54, 1.807) is 11.3 Å². The Labute approximate surface area is 104 Å². The fourth-order valence-corrected chi connectivity index (χ4v) is 3.54. The lowest BCUT2D eigenvalue weighted by Crippen LogP contribution is -2.21. The third kappa shape index (κ3) is 3.30. The molecule has 1 fully saturated rings. The summed E-state index contributed by atoms with van der Waals surface area (Å²) in [4.78, 5) is 1.31. The number of ether oxygens (including phenoxy) is 1. The highest BCUT2D eigenvalue weighted by molar-refractivity contribution is 9.10. The summed E-state index contributed by atoms with van der Waals surface area (Å²) < 4.78 is 7.15. The van der Waals surface area contributed by atoms with Gasteiger partial charge in [0.2, 0.25) is 0 Å². The maximum Gasteiger partial charge on any atom is 0.0824 e. The van der Waals surface area contributed by atoms with Crippen LogP contribution in [0.2, 0.25) is 0 Å². The van der Waals surface area contributed by atoms with Crippen molar-refractivity contribution in [2.24, 2.45) is 5.92 Å². The number of thiophene rings is 1. The average Bonchev–Trinajstić information content (AvgIpc) is 2.61. The highest BCUT2D eigenvalue weighted by Gasteiger charge is 2.19. The second-order valence-corrected chi connectivity index (χ2v) is 6.25. The lowest BCUT2D eigenvalue weighted by atomic mass is 9.89. The first-order chi connectivity index (χ1) is 7.25. The van der Waals surface area contributed by atoms with Gasteiger partial charge in [0.05, 0.1) is 12.7 Å². The van der Waals surface area contributed by atoms with Crippen LogP contribution in [0.5, 0.6) is 0 Å². The fraction of sp³-hybridized carbons (Fsp3) is 0.667. The Kier molecular flexibility index (Phi) is 4.23. The lowest BCUT2D eigenvalue weighted by Gasteiger charge is -2.26. The number of hydrogen-bond acceptors (Lipinski definition) is 2. The fourth-order valence-electron chi connectivity index (χ4n) is 2.15. The summed E-state index contributed by atoms with van der Waals surface area (Å²) in [5, 5.41) is 2.10. The van der Waals surface area contributed by atoms with E-state index in [-0.39, 0.29) is 0 Å². The van der Waals surface area contributed by atoms with Crippen LogP contribution in [0.1, 0.15) is 37.5 Å². The van der Waals surface area contributed by atoms with Crippen LogP contribution in [0, 0.1) is 5.92 Å². The maximum atomic E-state index is 5.96. The standard InChI is InChI=1S/C12H17BrOS/c1-9-3-2-4-10(7-9)14-8-12-11(13)5-6-15-12/h5-6,9-10H,2-4,7-8H2,1H3. The first kappa shape index (κ1) is 11.6. The predicted octanol–water partition coefficient (Wildman–Crippen LogP) is 4.61. The summed E-state index contributed by atoms with van der Waals surface area (Å²) in [7, 11) is 0. The van der Waals surface area contributed by atoms with Crippen molar-refractivity contribution in [1.29, 1.82) is 0 Å². The van der Waals surface area contributed by atoms with E-state index in [2.05, 4.69) is 34.3 Å². The monoisotopic (exact) mass is 288 g/mol.